The number of methoxy groups -OCH3 is 1. The van der Waals surface area contributed by atoms with Crippen LogP contribution < -0.4 is 15.1 Å². The van der Waals surface area contributed by atoms with E-state index in [4.69, 9.17) is 13.3 Å². The molecule has 308 valence electrons. The molecule has 6 nitrogen and oxygen atoms in total. The first-order valence-electron chi connectivity index (χ1n) is 21.2. The van der Waals surface area contributed by atoms with Crippen molar-refractivity contribution < 1.29 is 26.9 Å². The molecular weight excluding hydrogens is 745 g/mol. The van der Waals surface area contributed by atoms with Crippen molar-refractivity contribution in [3.8, 4) is 5.75 Å². The third-order valence-corrected chi connectivity index (χ3v) is 19.3. The summed E-state index contributed by atoms with van der Waals surface area (Å²) in [6.07, 6.45) is 2.87. The van der Waals surface area contributed by atoms with Crippen LogP contribution in [0.3, 0.4) is 0 Å². The lowest BCUT2D eigenvalue weighted by Gasteiger charge is -2.46. The third-order valence-electron chi connectivity index (χ3n) is 12.9. The lowest BCUT2D eigenvalue weighted by Crippen LogP contribution is -2.68. The SMILES string of the molecule is COc1cccc2c1C[C@H]1C[C@@H](O[Si](c3ccccc3)(c3ccccc3)C(C)(C)C)[C@H](CCC(O)COS(=O)(=O)c3c(C(C)C)cc(C(C)C)cc3C(C)C)[C@H]1C2. The molecule has 0 bridgehead atoms. The fraction of sp³-hybridized carbons (Fsp3) is 0.510. The highest BCUT2D eigenvalue weighted by molar-refractivity contribution is 7.86. The first-order chi connectivity index (χ1) is 27.0. The van der Waals surface area contributed by atoms with E-state index in [-0.39, 0.29) is 46.3 Å². The van der Waals surface area contributed by atoms with Crippen molar-refractivity contribution in [2.45, 2.75) is 134 Å². The van der Waals surface area contributed by atoms with Crippen LogP contribution in [-0.2, 0) is 31.6 Å². The molecule has 0 aromatic heterocycles. The second-order valence-electron chi connectivity index (χ2n) is 18.6. The van der Waals surface area contributed by atoms with Crippen LogP contribution in [0.15, 0.2) is 95.9 Å². The minimum absolute atomic E-state index is 0.0112. The van der Waals surface area contributed by atoms with E-state index in [9.17, 15) is 13.5 Å². The van der Waals surface area contributed by atoms with Crippen LogP contribution in [0.4, 0.5) is 0 Å². The van der Waals surface area contributed by atoms with Crippen molar-refractivity contribution in [2.24, 2.45) is 17.8 Å². The molecule has 5 atom stereocenters. The topological polar surface area (TPSA) is 82.1 Å². The predicted molar refractivity (Wildman–Crippen MR) is 235 cm³/mol. The maximum atomic E-state index is 14.1. The molecule has 6 rings (SSSR count). The summed E-state index contributed by atoms with van der Waals surface area (Å²) in [5.74, 6) is 2.10. The van der Waals surface area contributed by atoms with Gasteiger partial charge in [0.05, 0.1) is 19.8 Å². The Kier molecular flexibility index (Phi) is 13.3. The van der Waals surface area contributed by atoms with Gasteiger partial charge in [-0.25, -0.2) is 0 Å². The molecule has 2 aliphatic rings. The Balaban J connectivity index is 1.31. The monoisotopic (exact) mass is 810 g/mol. The van der Waals surface area contributed by atoms with Gasteiger partial charge < -0.3 is 14.3 Å². The summed E-state index contributed by atoms with van der Waals surface area (Å²) in [6.45, 7) is 19.0. The number of hydrogen-bond acceptors (Lipinski definition) is 6. The van der Waals surface area contributed by atoms with Crippen molar-refractivity contribution in [2.75, 3.05) is 13.7 Å². The van der Waals surface area contributed by atoms with E-state index in [2.05, 4.69) is 113 Å². The van der Waals surface area contributed by atoms with Crippen molar-refractivity contribution in [3.63, 3.8) is 0 Å². The number of aliphatic hydroxyl groups excluding tert-OH is 1. The summed E-state index contributed by atoms with van der Waals surface area (Å²) >= 11 is 0. The van der Waals surface area contributed by atoms with Gasteiger partial charge in [0.25, 0.3) is 18.4 Å². The van der Waals surface area contributed by atoms with Crippen LogP contribution in [-0.4, -0.2) is 47.8 Å². The molecule has 1 N–H and O–H groups in total. The van der Waals surface area contributed by atoms with Gasteiger partial charge in [-0.05, 0) is 117 Å². The molecule has 0 aliphatic heterocycles. The molecule has 1 fully saturated rings. The largest absolute Gasteiger partial charge is 0.496 e. The zero-order valence-electron chi connectivity index (χ0n) is 35.9. The normalized spacial score (nSPS) is 20.5. The highest BCUT2D eigenvalue weighted by atomic mass is 32.2. The molecule has 0 spiro atoms. The third kappa shape index (κ3) is 8.86. The van der Waals surface area contributed by atoms with Crippen LogP contribution in [0.5, 0.6) is 5.75 Å². The van der Waals surface area contributed by atoms with E-state index < -0.39 is 24.5 Å². The first kappa shape index (κ1) is 43.3. The van der Waals surface area contributed by atoms with Gasteiger partial charge in [-0.2, -0.15) is 8.42 Å². The van der Waals surface area contributed by atoms with Crippen molar-refractivity contribution in [3.05, 3.63) is 119 Å². The van der Waals surface area contributed by atoms with Crippen molar-refractivity contribution >= 4 is 28.8 Å². The highest BCUT2D eigenvalue weighted by Crippen LogP contribution is 2.51. The Morgan fingerprint density at radius 2 is 1.37 bits per heavy atom. The molecule has 57 heavy (non-hydrogen) atoms. The second-order valence-corrected chi connectivity index (χ2v) is 24.4. The van der Waals surface area contributed by atoms with E-state index >= 15 is 0 Å². The molecule has 2 aliphatic carbocycles. The molecule has 0 saturated heterocycles. The second kappa shape index (κ2) is 17.5. The van der Waals surface area contributed by atoms with Crippen LogP contribution in [0.25, 0.3) is 0 Å². The quantitative estimate of drug-likeness (QED) is 0.0952. The Bertz CT molecular complexity index is 2000. The number of benzene rings is 4. The van der Waals surface area contributed by atoms with Crippen LogP contribution in [0.2, 0.25) is 5.04 Å². The van der Waals surface area contributed by atoms with Crippen LogP contribution in [0.1, 0.15) is 127 Å². The summed E-state index contributed by atoms with van der Waals surface area (Å²) in [5.41, 5.74) is 5.29. The molecule has 4 aromatic rings. The van der Waals surface area contributed by atoms with E-state index in [0.29, 0.717) is 24.7 Å². The molecule has 1 unspecified atom stereocenters. The van der Waals surface area contributed by atoms with Gasteiger partial charge in [-0.3, -0.25) is 4.18 Å². The maximum Gasteiger partial charge on any atom is 0.297 e. The summed E-state index contributed by atoms with van der Waals surface area (Å²) in [7, 11) is -5.28. The van der Waals surface area contributed by atoms with E-state index in [1.165, 1.54) is 21.5 Å². The molecule has 8 heteroatoms. The standard InChI is InChI=1S/C49H66O6SSi/c1-32(2)36-27-42(33(3)4)48(43(28-36)34(5)6)56(51,52)54-31-38(50)24-25-41-44-26-35-18-17-23-46(53-10)45(35)29-37(44)30-47(41)55-57(49(7,8)9,39-19-13-11-14-20-39)40-21-15-12-16-22-40/h11-23,27-28,32-34,37-38,41,44,47,50H,24-26,29-31H2,1-10H3/t37-,38?,41+,44-,47+/m0/s1. The average Bonchev–Trinajstić information content (AvgIpc) is 3.51. The average molecular weight is 811 g/mol. The Labute approximate surface area is 344 Å². The maximum absolute atomic E-state index is 14.1. The van der Waals surface area contributed by atoms with Crippen LogP contribution >= 0.6 is 0 Å². The summed E-state index contributed by atoms with van der Waals surface area (Å²) < 4.78 is 47.8. The van der Waals surface area contributed by atoms with E-state index in [1.807, 2.05) is 39.8 Å². The summed E-state index contributed by atoms with van der Waals surface area (Å²) in [6, 6.07) is 32.1. The zero-order chi connectivity index (χ0) is 41.3. The van der Waals surface area contributed by atoms with Crippen molar-refractivity contribution in [1.29, 1.82) is 0 Å². The molecular formula is C49H66O6SSi. The number of fused-ring (bicyclic) bond motifs is 2. The molecule has 0 amide bonds. The first-order valence-corrected chi connectivity index (χ1v) is 24.5. The van der Waals surface area contributed by atoms with E-state index in [0.717, 1.165) is 41.7 Å². The van der Waals surface area contributed by atoms with Gasteiger partial charge in [0.15, 0.2) is 0 Å². The number of ether oxygens (including phenoxy) is 1. The van der Waals surface area contributed by atoms with Crippen LogP contribution in [0, 0.1) is 17.8 Å². The highest BCUT2D eigenvalue weighted by Gasteiger charge is 2.55. The minimum Gasteiger partial charge on any atom is -0.496 e. The van der Waals surface area contributed by atoms with E-state index in [1.54, 1.807) is 7.11 Å². The smallest absolute Gasteiger partial charge is 0.297 e. The predicted octanol–water partition coefficient (Wildman–Crippen LogP) is 9.91. The fourth-order valence-electron chi connectivity index (χ4n) is 9.89. The van der Waals surface area contributed by atoms with Gasteiger partial charge >= 0.3 is 0 Å². The molecule has 4 aromatic carbocycles. The number of hydrogen-bond donors (Lipinski definition) is 1. The summed E-state index contributed by atoms with van der Waals surface area (Å²) in [4.78, 5) is 0.262. The Morgan fingerprint density at radius 3 is 1.88 bits per heavy atom. The molecule has 0 radical (unpaired) electrons. The zero-order valence-corrected chi connectivity index (χ0v) is 37.7. The van der Waals surface area contributed by atoms with Gasteiger partial charge in [0.2, 0.25) is 0 Å². The van der Waals surface area contributed by atoms with Gasteiger partial charge in [0, 0.05) is 6.10 Å². The van der Waals surface area contributed by atoms with Gasteiger partial charge in [0.1, 0.15) is 10.6 Å². The van der Waals surface area contributed by atoms with Gasteiger partial charge in [-0.15, -0.1) is 0 Å². The lowest BCUT2D eigenvalue weighted by molar-refractivity contribution is 0.0745. The number of aliphatic hydroxyl groups is 1. The Morgan fingerprint density at radius 1 is 0.789 bits per heavy atom. The minimum atomic E-state index is -4.15. The van der Waals surface area contributed by atoms with Crippen molar-refractivity contribution in [1.82, 2.24) is 0 Å². The Hall–Kier alpha value is -3.27. The molecule has 1 saturated carbocycles. The van der Waals surface area contributed by atoms with Gasteiger partial charge in [-0.1, -0.05) is 147 Å². The fourth-order valence-corrected chi connectivity index (χ4v) is 16.3. The number of rotatable bonds is 15. The lowest BCUT2D eigenvalue weighted by atomic mass is 9.73. The molecule has 0 heterocycles. The summed E-state index contributed by atoms with van der Waals surface area (Å²) in [5, 5.41) is 13.9.